The average molecular weight is 239 g/mol. The van der Waals surface area contributed by atoms with Crippen LogP contribution in [0.25, 0.3) is 6.08 Å². The van der Waals surface area contributed by atoms with E-state index in [1.54, 1.807) is 12.1 Å². The monoisotopic (exact) mass is 239 g/mol. The molecule has 0 unspecified atom stereocenters. The Morgan fingerprint density at radius 3 is 2.56 bits per heavy atom. The Morgan fingerprint density at radius 2 is 1.83 bits per heavy atom. The molecule has 0 saturated heterocycles. The average Bonchev–Trinajstić information content (AvgIpc) is 2.40. The van der Waals surface area contributed by atoms with Crippen LogP contribution in [0.1, 0.15) is 11.1 Å². The van der Waals surface area contributed by atoms with Gasteiger partial charge in [-0.1, -0.05) is 54.6 Å². The number of nitro benzene ring substituents is 1. The van der Waals surface area contributed by atoms with Crippen molar-refractivity contribution in [3.05, 3.63) is 81.9 Å². The standard InChI is InChI=1S/C15H13NO2/c17-16(18)15-11-5-10-14(12-15)9-4-8-13-6-2-1-3-7-13/h1-7,9-12H,8H2. The first-order valence-corrected chi connectivity index (χ1v) is 5.70. The predicted molar refractivity (Wildman–Crippen MR) is 72.3 cm³/mol. The zero-order valence-corrected chi connectivity index (χ0v) is 9.82. The lowest BCUT2D eigenvalue weighted by atomic mass is 10.1. The van der Waals surface area contributed by atoms with E-state index in [1.165, 1.54) is 11.6 Å². The Labute approximate surface area is 106 Å². The molecule has 18 heavy (non-hydrogen) atoms. The van der Waals surface area contributed by atoms with E-state index in [1.807, 2.05) is 36.4 Å². The molecule has 0 aliphatic heterocycles. The highest BCUT2D eigenvalue weighted by Crippen LogP contribution is 2.14. The molecule has 3 heteroatoms. The van der Waals surface area contributed by atoms with Gasteiger partial charge in [0.2, 0.25) is 0 Å². The molecule has 0 saturated carbocycles. The maximum Gasteiger partial charge on any atom is 0.270 e. The minimum absolute atomic E-state index is 0.122. The molecule has 0 aliphatic carbocycles. The van der Waals surface area contributed by atoms with Crippen LogP contribution >= 0.6 is 0 Å². The maximum absolute atomic E-state index is 10.6. The van der Waals surface area contributed by atoms with Crippen molar-refractivity contribution in [2.75, 3.05) is 0 Å². The molecule has 90 valence electrons. The molecule has 3 nitrogen and oxygen atoms in total. The first kappa shape index (κ1) is 12.0. The van der Waals surface area contributed by atoms with Crippen molar-refractivity contribution in [2.45, 2.75) is 6.42 Å². The Morgan fingerprint density at radius 1 is 1.06 bits per heavy atom. The van der Waals surface area contributed by atoms with Gasteiger partial charge in [-0.2, -0.15) is 0 Å². The molecule has 2 rings (SSSR count). The molecule has 0 amide bonds. The van der Waals surface area contributed by atoms with Crippen molar-refractivity contribution in [3.63, 3.8) is 0 Å². The summed E-state index contributed by atoms with van der Waals surface area (Å²) in [5, 5.41) is 10.6. The summed E-state index contributed by atoms with van der Waals surface area (Å²) >= 11 is 0. The molecule has 0 aliphatic rings. The normalized spacial score (nSPS) is 10.7. The fourth-order valence-electron chi connectivity index (χ4n) is 1.69. The highest BCUT2D eigenvalue weighted by molar-refractivity contribution is 5.53. The van der Waals surface area contributed by atoms with Crippen LogP contribution in [0.2, 0.25) is 0 Å². The second-order valence-electron chi connectivity index (χ2n) is 3.94. The van der Waals surface area contributed by atoms with Crippen LogP contribution in [-0.4, -0.2) is 4.92 Å². The highest BCUT2D eigenvalue weighted by Gasteiger charge is 2.03. The van der Waals surface area contributed by atoms with Crippen molar-refractivity contribution < 1.29 is 4.92 Å². The first-order chi connectivity index (χ1) is 8.75. The number of nitrogens with zero attached hydrogens (tertiary/aromatic N) is 1. The number of benzene rings is 2. The van der Waals surface area contributed by atoms with Crippen molar-refractivity contribution in [1.82, 2.24) is 0 Å². The van der Waals surface area contributed by atoms with E-state index in [4.69, 9.17) is 0 Å². The summed E-state index contributed by atoms with van der Waals surface area (Å²) in [7, 11) is 0. The van der Waals surface area contributed by atoms with Crippen LogP contribution in [0.5, 0.6) is 0 Å². The van der Waals surface area contributed by atoms with Gasteiger partial charge in [0.05, 0.1) is 4.92 Å². The third kappa shape index (κ3) is 3.28. The van der Waals surface area contributed by atoms with Gasteiger partial charge in [-0.3, -0.25) is 10.1 Å². The van der Waals surface area contributed by atoms with Gasteiger partial charge in [0, 0.05) is 12.1 Å². The summed E-state index contributed by atoms with van der Waals surface area (Å²) in [5.41, 5.74) is 2.19. The van der Waals surface area contributed by atoms with Gasteiger partial charge in [0.15, 0.2) is 0 Å². The zero-order chi connectivity index (χ0) is 12.8. The van der Waals surface area contributed by atoms with E-state index in [0.29, 0.717) is 0 Å². The number of nitro groups is 1. The summed E-state index contributed by atoms with van der Waals surface area (Å²) in [5.74, 6) is 0. The molecule has 0 heterocycles. The quantitative estimate of drug-likeness (QED) is 0.600. The molecule has 2 aromatic carbocycles. The van der Waals surface area contributed by atoms with Crippen molar-refractivity contribution in [3.8, 4) is 0 Å². The lowest BCUT2D eigenvalue weighted by Gasteiger charge is -1.96. The molecule has 0 bridgehead atoms. The maximum atomic E-state index is 10.6. The topological polar surface area (TPSA) is 43.1 Å². The van der Waals surface area contributed by atoms with Gasteiger partial charge in [0.1, 0.15) is 0 Å². The lowest BCUT2D eigenvalue weighted by Crippen LogP contribution is -1.87. The summed E-state index contributed by atoms with van der Waals surface area (Å²) in [6, 6.07) is 16.7. The largest absolute Gasteiger partial charge is 0.270 e. The van der Waals surface area contributed by atoms with E-state index in [0.717, 1.165) is 12.0 Å². The minimum atomic E-state index is -0.380. The summed E-state index contributed by atoms with van der Waals surface area (Å²) in [4.78, 5) is 10.2. The number of hydrogen-bond acceptors (Lipinski definition) is 2. The van der Waals surface area contributed by atoms with E-state index < -0.39 is 0 Å². The third-order valence-corrected chi connectivity index (χ3v) is 2.59. The first-order valence-electron chi connectivity index (χ1n) is 5.70. The van der Waals surface area contributed by atoms with E-state index >= 15 is 0 Å². The Kier molecular flexibility index (Phi) is 3.86. The smallest absolute Gasteiger partial charge is 0.258 e. The zero-order valence-electron chi connectivity index (χ0n) is 9.82. The van der Waals surface area contributed by atoms with Crippen LogP contribution in [0.4, 0.5) is 5.69 Å². The number of rotatable bonds is 4. The van der Waals surface area contributed by atoms with Crippen molar-refractivity contribution in [1.29, 1.82) is 0 Å². The summed E-state index contributed by atoms with van der Waals surface area (Å²) in [6.45, 7) is 0. The predicted octanol–water partition coefficient (Wildman–Crippen LogP) is 3.85. The molecule has 0 radical (unpaired) electrons. The Bertz CT molecular complexity index is 562. The van der Waals surface area contributed by atoms with Crippen molar-refractivity contribution >= 4 is 11.8 Å². The van der Waals surface area contributed by atoms with Crippen LogP contribution in [0.3, 0.4) is 0 Å². The van der Waals surface area contributed by atoms with Gasteiger partial charge in [0.25, 0.3) is 5.69 Å². The third-order valence-electron chi connectivity index (χ3n) is 2.59. The van der Waals surface area contributed by atoms with E-state index in [9.17, 15) is 10.1 Å². The molecule has 0 N–H and O–H groups in total. The molecule has 0 fully saturated rings. The van der Waals surface area contributed by atoms with Crippen LogP contribution < -0.4 is 0 Å². The molecule has 0 atom stereocenters. The van der Waals surface area contributed by atoms with Gasteiger partial charge in [-0.05, 0) is 17.5 Å². The Balaban J connectivity index is 2.05. The molecule has 0 spiro atoms. The minimum Gasteiger partial charge on any atom is -0.258 e. The van der Waals surface area contributed by atoms with Crippen LogP contribution in [0, 0.1) is 10.1 Å². The molecule has 2 aromatic rings. The second-order valence-corrected chi connectivity index (χ2v) is 3.94. The number of hydrogen-bond donors (Lipinski definition) is 0. The van der Waals surface area contributed by atoms with Gasteiger partial charge < -0.3 is 0 Å². The SMILES string of the molecule is O=[N+]([O-])c1cccc(C=CCc2ccccc2)c1. The van der Waals surface area contributed by atoms with E-state index in [2.05, 4.69) is 12.1 Å². The highest BCUT2D eigenvalue weighted by atomic mass is 16.6. The Hall–Kier alpha value is -2.42. The van der Waals surface area contributed by atoms with Gasteiger partial charge >= 0.3 is 0 Å². The van der Waals surface area contributed by atoms with Crippen molar-refractivity contribution in [2.24, 2.45) is 0 Å². The summed E-state index contributed by atoms with van der Waals surface area (Å²) in [6.07, 6.45) is 4.73. The molecular formula is C15H13NO2. The molecular weight excluding hydrogens is 226 g/mol. The van der Waals surface area contributed by atoms with Crippen LogP contribution in [0.15, 0.2) is 60.7 Å². The fraction of sp³-hybridized carbons (Fsp3) is 0.0667. The number of non-ortho nitro benzene ring substituents is 1. The second kappa shape index (κ2) is 5.77. The van der Waals surface area contributed by atoms with Crippen LogP contribution in [-0.2, 0) is 6.42 Å². The lowest BCUT2D eigenvalue weighted by molar-refractivity contribution is -0.384. The fourth-order valence-corrected chi connectivity index (χ4v) is 1.69. The molecule has 0 aromatic heterocycles. The van der Waals surface area contributed by atoms with Gasteiger partial charge in [-0.25, -0.2) is 0 Å². The van der Waals surface area contributed by atoms with E-state index in [-0.39, 0.29) is 10.6 Å². The van der Waals surface area contributed by atoms with Gasteiger partial charge in [-0.15, -0.1) is 0 Å². The number of allylic oxidation sites excluding steroid dienone is 1. The summed E-state index contributed by atoms with van der Waals surface area (Å²) < 4.78 is 0.